The molecule has 10 N–H and O–H groups in total. The van der Waals surface area contributed by atoms with Crippen molar-refractivity contribution in [3.63, 3.8) is 0 Å². The van der Waals surface area contributed by atoms with E-state index in [0.717, 1.165) is 11.8 Å². The van der Waals surface area contributed by atoms with Gasteiger partial charge in [0.25, 0.3) is 0 Å². The van der Waals surface area contributed by atoms with E-state index in [1.807, 2.05) is 0 Å². The molecule has 0 unspecified atom stereocenters. The van der Waals surface area contributed by atoms with Gasteiger partial charge < -0.3 is 84.2 Å². The maximum absolute atomic E-state index is 13.4. The number of hydrogen-bond acceptors (Lipinski definition) is 19. The molecule has 0 aromatic heterocycles. The summed E-state index contributed by atoms with van der Waals surface area (Å²) in [6.45, 7) is 0.132. The van der Waals surface area contributed by atoms with Gasteiger partial charge in [-0.05, 0) is 48.7 Å². The first-order valence-corrected chi connectivity index (χ1v) is 18.1. The van der Waals surface area contributed by atoms with Gasteiger partial charge >= 0.3 is 11.9 Å². The number of phenolic OH excluding ortho intramolecular Hbond substituents is 2. The number of hydrogen-bond donors (Lipinski definition) is 10. The fourth-order valence-corrected chi connectivity index (χ4v) is 6.44. The van der Waals surface area contributed by atoms with Gasteiger partial charge in [-0.3, -0.25) is 4.79 Å². The number of esters is 2. The van der Waals surface area contributed by atoms with Crippen molar-refractivity contribution in [1.29, 1.82) is 0 Å². The molecule has 2 saturated heterocycles. The molecule has 3 aliphatic heterocycles. The summed E-state index contributed by atoms with van der Waals surface area (Å²) < 4.78 is 38.9. The van der Waals surface area contributed by atoms with Crippen LogP contribution >= 0.6 is 0 Å². The van der Waals surface area contributed by atoms with E-state index in [4.69, 9.17) is 33.2 Å². The van der Waals surface area contributed by atoms with Crippen LogP contribution in [0.1, 0.15) is 24.5 Å². The molecule has 2 fully saturated rings. The van der Waals surface area contributed by atoms with Crippen LogP contribution in [-0.4, -0.2) is 157 Å². The number of phenols is 2. The Labute approximate surface area is 326 Å². The fourth-order valence-electron chi connectivity index (χ4n) is 6.44. The van der Waals surface area contributed by atoms with Gasteiger partial charge in [-0.15, -0.1) is 0 Å². The zero-order valence-electron chi connectivity index (χ0n) is 30.7. The SMILES string of the molecule is C/C=C1/[C@@H](O[C@@H]2O[C@@H](CO)[C@H](O)[C@@H](O)[C@H]2O)OC=C(C(=O)OCCc2ccc(O)c(O)c2)[C@@H]1CC(=O)Oc1ccc(CCO[C@@H]2O[C@H](CO)[C@@H](O)[C@H](O)[C@@H]2O)cc1. The normalized spacial score (nSPS) is 32.3. The lowest BCUT2D eigenvalue weighted by molar-refractivity contribution is -0.327. The average molecular weight is 809 g/mol. The van der Waals surface area contributed by atoms with Crippen LogP contribution in [0.4, 0.5) is 0 Å². The van der Waals surface area contributed by atoms with Gasteiger partial charge in [0.1, 0.15) is 54.6 Å². The van der Waals surface area contributed by atoms with Crippen LogP contribution in [0.5, 0.6) is 17.2 Å². The first-order valence-electron chi connectivity index (χ1n) is 18.1. The third kappa shape index (κ3) is 10.6. The molecule has 0 saturated carbocycles. The Kier molecular flexibility index (Phi) is 15.4. The summed E-state index contributed by atoms with van der Waals surface area (Å²) in [6, 6.07) is 10.5. The molecule has 19 heteroatoms. The smallest absolute Gasteiger partial charge is 0.337 e. The van der Waals surface area contributed by atoms with Crippen molar-refractivity contribution >= 4 is 11.9 Å². The summed E-state index contributed by atoms with van der Waals surface area (Å²) >= 11 is 0. The largest absolute Gasteiger partial charge is 0.504 e. The Morgan fingerprint density at radius 2 is 1.33 bits per heavy atom. The molecule has 57 heavy (non-hydrogen) atoms. The second-order valence-corrected chi connectivity index (χ2v) is 13.6. The first-order chi connectivity index (χ1) is 27.3. The molecule has 12 atom stereocenters. The molecular formula is C38H48O19. The highest BCUT2D eigenvalue weighted by Crippen LogP contribution is 2.37. The third-order valence-corrected chi connectivity index (χ3v) is 9.75. The Morgan fingerprint density at radius 1 is 0.737 bits per heavy atom. The van der Waals surface area contributed by atoms with Gasteiger partial charge in [0.15, 0.2) is 24.1 Å². The van der Waals surface area contributed by atoms with Gasteiger partial charge in [-0.2, -0.15) is 0 Å². The van der Waals surface area contributed by atoms with Gasteiger partial charge in [-0.1, -0.05) is 24.3 Å². The van der Waals surface area contributed by atoms with Crippen LogP contribution in [0.3, 0.4) is 0 Å². The topological polar surface area (TPSA) is 301 Å². The Morgan fingerprint density at radius 3 is 1.95 bits per heavy atom. The first kappa shape index (κ1) is 43.9. The lowest BCUT2D eigenvalue weighted by Gasteiger charge is -2.41. The predicted octanol–water partition coefficient (Wildman–Crippen LogP) is -1.84. The summed E-state index contributed by atoms with van der Waals surface area (Å²) in [5.41, 5.74) is 1.39. The molecule has 0 bridgehead atoms. The van der Waals surface area contributed by atoms with E-state index in [9.17, 15) is 60.7 Å². The van der Waals surface area contributed by atoms with Crippen molar-refractivity contribution in [2.24, 2.45) is 5.92 Å². The summed E-state index contributed by atoms with van der Waals surface area (Å²) in [4.78, 5) is 26.9. The van der Waals surface area contributed by atoms with Crippen LogP contribution in [0.2, 0.25) is 0 Å². The number of allylic oxidation sites excluding steroid dienone is 1. The maximum Gasteiger partial charge on any atom is 0.337 e. The van der Waals surface area contributed by atoms with E-state index in [-0.39, 0.29) is 48.0 Å². The van der Waals surface area contributed by atoms with Gasteiger partial charge in [-0.25, -0.2) is 4.79 Å². The number of aromatic hydroxyl groups is 2. The highest BCUT2D eigenvalue weighted by molar-refractivity contribution is 5.91. The molecule has 3 heterocycles. The molecule has 2 aromatic carbocycles. The molecule has 5 rings (SSSR count). The molecule has 0 spiro atoms. The molecule has 2 aromatic rings. The molecule has 19 nitrogen and oxygen atoms in total. The van der Waals surface area contributed by atoms with Crippen LogP contribution in [0.25, 0.3) is 0 Å². The minimum Gasteiger partial charge on any atom is -0.504 e. The summed E-state index contributed by atoms with van der Waals surface area (Å²) in [6.07, 6.45) is -14.0. The highest BCUT2D eigenvalue weighted by atomic mass is 16.8. The average Bonchev–Trinajstić information content (AvgIpc) is 3.20. The van der Waals surface area contributed by atoms with E-state index >= 15 is 0 Å². The minimum absolute atomic E-state index is 0.0205. The summed E-state index contributed by atoms with van der Waals surface area (Å²) in [5.74, 6) is -3.24. The lowest BCUT2D eigenvalue weighted by atomic mass is 9.86. The zero-order chi connectivity index (χ0) is 41.4. The van der Waals surface area contributed by atoms with E-state index < -0.39 is 105 Å². The van der Waals surface area contributed by atoms with Crippen molar-refractivity contribution in [2.45, 2.75) is 93.9 Å². The van der Waals surface area contributed by atoms with Crippen molar-refractivity contribution in [2.75, 3.05) is 26.4 Å². The van der Waals surface area contributed by atoms with Crippen LogP contribution < -0.4 is 4.74 Å². The Hall–Kier alpha value is -4.22. The van der Waals surface area contributed by atoms with Crippen LogP contribution in [0, 0.1) is 5.92 Å². The van der Waals surface area contributed by atoms with E-state index in [2.05, 4.69) is 0 Å². The second kappa shape index (κ2) is 20.0. The summed E-state index contributed by atoms with van der Waals surface area (Å²) in [7, 11) is 0. The van der Waals surface area contributed by atoms with Crippen molar-refractivity contribution < 1.29 is 93.8 Å². The van der Waals surface area contributed by atoms with Crippen molar-refractivity contribution in [3.8, 4) is 17.2 Å². The van der Waals surface area contributed by atoms with Gasteiger partial charge in [0.05, 0.1) is 44.7 Å². The van der Waals surface area contributed by atoms with Gasteiger partial charge in [0, 0.05) is 17.9 Å². The quantitative estimate of drug-likeness (QED) is 0.0409. The summed E-state index contributed by atoms with van der Waals surface area (Å²) in [5, 5.41) is 99.4. The predicted molar refractivity (Wildman–Crippen MR) is 190 cm³/mol. The number of aliphatic hydroxyl groups is 8. The van der Waals surface area contributed by atoms with Crippen molar-refractivity contribution in [3.05, 3.63) is 77.1 Å². The number of carbonyl (C=O) groups is 2. The standard InChI is InChI=1S/C38H48O19/c1-2-21-22(14-28(43)54-20-6-3-18(4-7-20)9-12-52-37-33(48)31(46)29(44)26(15-39)55-37)23(35(50)51-11-10-19-5-8-24(41)25(42)13-19)17-53-36(21)57-38-34(49)32(47)30(45)27(16-40)56-38/h2-8,13,17,22,26-27,29-34,36-42,44-49H,9-12,14-16H2,1H3/b21-2+/t22-,26-,27+,29-,30+,31+,32-,33+,34-,36-,37-,38+/m1/s1. The number of benzene rings is 2. The maximum atomic E-state index is 13.4. The number of carbonyl (C=O) groups excluding carboxylic acids is 2. The van der Waals surface area contributed by atoms with Crippen LogP contribution in [0.15, 0.2) is 65.9 Å². The van der Waals surface area contributed by atoms with E-state index in [1.165, 1.54) is 36.4 Å². The van der Waals surface area contributed by atoms with Crippen LogP contribution in [-0.2, 0) is 50.9 Å². The van der Waals surface area contributed by atoms with Gasteiger partial charge in [0.2, 0.25) is 6.29 Å². The van der Waals surface area contributed by atoms with E-state index in [1.54, 1.807) is 19.1 Å². The Balaban J connectivity index is 1.24. The highest BCUT2D eigenvalue weighted by Gasteiger charge is 2.47. The molecular weight excluding hydrogens is 760 g/mol. The molecule has 314 valence electrons. The zero-order valence-corrected chi connectivity index (χ0v) is 30.7. The molecule has 3 aliphatic rings. The lowest BCUT2D eigenvalue weighted by Crippen LogP contribution is -2.60. The number of rotatable bonds is 15. The minimum atomic E-state index is -1.77. The number of ether oxygens (including phenoxy) is 7. The molecule has 0 aliphatic carbocycles. The fraction of sp³-hybridized carbons (Fsp3) is 0.526. The molecule has 0 amide bonds. The Bertz CT molecular complexity index is 1710. The van der Waals surface area contributed by atoms with E-state index in [0.29, 0.717) is 12.0 Å². The third-order valence-electron chi connectivity index (χ3n) is 9.75. The second-order valence-electron chi connectivity index (χ2n) is 13.6. The number of aliphatic hydroxyl groups excluding tert-OH is 8. The van der Waals surface area contributed by atoms with Crippen molar-refractivity contribution in [1.82, 2.24) is 0 Å². The monoisotopic (exact) mass is 808 g/mol. The molecule has 0 radical (unpaired) electrons.